The molecule has 0 spiro atoms. The SMILES string of the molecule is CC(C)C(=O)NCCNC(C)c1ccc(Br)cc1. The van der Waals surface area contributed by atoms with Gasteiger partial charge in [0.1, 0.15) is 0 Å². The van der Waals surface area contributed by atoms with Crippen LogP contribution in [0.2, 0.25) is 0 Å². The Bertz CT molecular complexity index is 376. The van der Waals surface area contributed by atoms with Crippen molar-refractivity contribution in [2.75, 3.05) is 13.1 Å². The van der Waals surface area contributed by atoms with Gasteiger partial charge in [-0.25, -0.2) is 0 Å². The van der Waals surface area contributed by atoms with E-state index in [0.29, 0.717) is 6.54 Å². The topological polar surface area (TPSA) is 41.1 Å². The maximum Gasteiger partial charge on any atom is 0.222 e. The second-order valence-electron chi connectivity index (χ2n) is 4.67. The Morgan fingerprint density at radius 3 is 2.33 bits per heavy atom. The summed E-state index contributed by atoms with van der Waals surface area (Å²) in [4.78, 5) is 11.4. The van der Waals surface area contributed by atoms with Crippen molar-refractivity contribution in [1.29, 1.82) is 0 Å². The highest BCUT2D eigenvalue weighted by Crippen LogP contribution is 2.15. The molecular weight excluding hydrogens is 292 g/mol. The summed E-state index contributed by atoms with van der Waals surface area (Å²) >= 11 is 3.42. The molecule has 1 aromatic rings. The van der Waals surface area contributed by atoms with Gasteiger partial charge in [0.25, 0.3) is 0 Å². The number of carbonyl (C=O) groups excluding carboxylic acids is 1. The van der Waals surface area contributed by atoms with Crippen molar-refractivity contribution >= 4 is 21.8 Å². The molecule has 0 saturated carbocycles. The van der Waals surface area contributed by atoms with Crippen LogP contribution in [0.5, 0.6) is 0 Å². The average Bonchev–Trinajstić information content (AvgIpc) is 2.34. The van der Waals surface area contributed by atoms with E-state index in [-0.39, 0.29) is 17.9 Å². The fourth-order valence-electron chi connectivity index (χ4n) is 1.55. The first-order chi connectivity index (χ1) is 8.50. The Morgan fingerprint density at radius 1 is 1.17 bits per heavy atom. The van der Waals surface area contributed by atoms with E-state index >= 15 is 0 Å². The van der Waals surface area contributed by atoms with Crippen molar-refractivity contribution < 1.29 is 4.79 Å². The first-order valence-electron chi connectivity index (χ1n) is 6.27. The Morgan fingerprint density at radius 2 is 1.78 bits per heavy atom. The van der Waals surface area contributed by atoms with Crippen LogP contribution in [0.4, 0.5) is 0 Å². The molecule has 0 heterocycles. The van der Waals surface area contributed by atoms with Gasteiger partial charge in [-0.3, -0.25) is 4.79 Å². The minimum Gasteiger partial charge on any atom is -0.355 e. The molecule has 1 rings (SSSR count). The average molecular weight is 313 g/mol. The number of hydrogen-bond acceptors (Lipinski definition) is 2. The molecule has 0 fully saturated rings. The number of rotatable bonds is 6. The van der Waals surface area contributed by atoms with Gasteiger partial charge in [-0.15, -0.1) is 0 Å². The van der Waals surface area contributed by atoms with Crippen LogP contribution in [-0.2, 0) is 4.79 Å². The Balaban J connectivity index is 2.27. The predicted octanol–water partition coefficient (Wildman–Crippen LogP) is 2.87. The van der Waals surface area contributed by atoms with Gasteiger partial charge in [0.2, 0.25) is 5.91 Å². The summed E-state index contributed by atoms with van der Waals surface area (Å²) < 4.78 is 1.09. The zero-order valence-electron chi connectivity index (χ0n) is 11.2. The van der Waals surface area contributed by atoms with Gasteiger partial charge in [-0.2, -0.15) is 0 Å². The van der Waals surface area contributed by atoms with E-state index in [1.165, 1.54) is 5.56 Å². The van der Waals surface area contributed by atoms with Crippen molar-refractivity contribution in [3.63, 3.8) is 0 Å². The van der Waals surface area contributed by atoms with Gasteiger partial charge < -0.3 is 10.6 Å². The number of benzene rings is 1. The molecule has 1 atom stereocenters. The third kappa shape index (κ3) is 5.19. The summed E-state index contributed by atoms with van der Waals surface area (Å²) in [5, 5.41) is 6.27. The second-order valence-corrected chi connectivity index (χ2v) is 5.59. The van der Waals surface area contributed by atoms with E-state index in [0.717, 1.165) is 11.0 Å². The van der Waals surface area contributed by atoms with Gasteiger partial charge in [0.05, 0.1) is 0 Å². The minimum absolute atomic E-state index is 0.0499. The smallest absolute Gasteiger partial charge is 0.222 e. The first kappa shape index (κ1) is 15.2. The van der Waals surface area contributed by atoms with Crippen LogP contribution < -0.4 is 10.6 Å². The number of amides is 1. The molecule has 0 bridgehead atoms. The number of nitrogens with one attached hydrogen (secondary N) is 2. The van der Waals surface area contributed by atoms with Crippen LogP contribution >= 0.6 is 15.9 Å². The van der Waals surface area contributed by atoms with Gasteiger partial charge in [0.15, 0.2) is 0 Å². The van der Waals surface area contributed by atoms with Crippen molar-refractivity contribution in [2.45, 2.75) is 26.8 Å². The van der Waals surface area contributed by atoms with E-state index in [2.05, 4.69) is 45.6 Å². The van der Waals surface area contributed by atoms with Crippen molar-refractivity contribution in [3.8, 4) is 0 Å². The maximum atomic E-state index is 11.4. The monoisotopic (exact) mass is 312 g/mol. The van der Waals surface area contributed by atoms with Crippen molar-refractivity contribution in [1.82, 2.24) is 10.6 Å². The predicted molar refractivity (Wildman–Crippen MR) is 78.4 cm³/mol. The summed E-state index contributed by atoms with van der Waals surface area (Å²) in [6.45, 7) is 7.35. The van der Waals surface area contributed by atoms with Crippen molar-refractivity contribution in [3.05, 3.63) is 34.3 Å². The summed E-state index contributed by atoms with van der Waals surface area (Å²) in [6, 6.07) is 8.54. The molecule has 0 radical (unpaired) electrons. The lowest BCUT2D eigenvalue weighted by Crippen LogP contribution is -2.35. The summed E-state index contributed by atoms with van der Waals surface area (Å²) in [5.41, 5.74) is 1.24. The molecule has 0 aliphatic rings. The van der Waals surface area contributed by atoms with E-state index < -0.39 is 0 Å². The van der Waals surface area contributed by atoms with Crippen LogP contribution in [-0.4, -0.2) is 19.0 Å². The normalized spacial score (nSPS) is 12.5. The molecule has 0 saturated heterocycles. The molecule has 0 aromatic heterocycles. The molecule has 18 heavy (non-hydrogen) atoms. The molecule has 1 unspecified atom stereocenters. The van der Waals surface area contributed by atoms with Crippen LogP contribution in [0.3, 0.4) is 0 Å². The van der Waals surface area contributed by atoms with Gasteiger partial charge in [0, 0.05) is 29.5 Å². The summed E-state index contributed by atoms with van der Waals surface area (Å²) in [7, 11) is 0. The number of hydrogen-bond donors (Lipinski definition) is 2. The number of halogens is 1. The third-order valence-corrected chi connectivity index (χ3v) is 3.30. The van der Waals surface area contributed by atoms with Gasteiger partial charge in [-0.1, -0.05) is 41.9 Å². The Hall–Kier alpha value is -0.870. The molecule has 0 aliphatic heterocycles. The van der Waals surface area contributed by atoms with Crippen LogP contribution in [0, 0.1) is 5.92 Å². The number of carbonyl (C=O) groups is 1. The third-order valence-electron chi connectivity index (χ3n) is 2.77. The Kier molecular flexibility index (Phi) is 6.36. The summed E-state index contributed by atoms with van der Waals surface area (Å²) in [6.07, 6.45) is 0. The van der Waals surface area contributed by atoms with E-state index in [9.17, 15) is 4.79 Å². The molecule has 2 N–H and O–H groups in total. The van der Waals surface area contributed by atoms with Crippen LogP contribution in [0.25, 0.3) is 0 Å². The van der Waals surface area contributed by atoms with Gasteiger partial charge >= 0.3 is 0 Å². The fourth-order valence-corrected chi connectivity index (χ4v) is 1.81. The molecule has 1 amide bonds. The largest absolute Gasteiger partial charge is 0.355 e. The molecule has 4 heteroatoms. The molecule has 0 aliphatic carbocycles. The van der Waals surface area contributed by atoms with Gasteiger partial charge in [-0.05, 0) is 24.6 Å². The standard InChI is InChI=1S/C14H21BrN2O/c1-10(2)14(18)17-9-8-16-11(3)12-4-6-13(15)7-5-12/h4-7,10-11,16H,8-9H2,1-3H3,(H,17,18). The van der Waals surface area contributed by atoms with E-state index in [4.69, 9.17) is 0 Å². The highest BCUT2D eigenvalue weighted by molar-refractivity contribution is 9.10. The fraction of sp³-hybridized carbons (Fsp3) is 0.500. The lowest BCUT2D eigenvalue weighted by molar-refractivity contribution is -0.123. The quantitative estimate of drug-likeness (QED) is 0.793. The van der Waals surface area contributed by atoms with Crippen LogP contribution in [0.15, 0.2) is 28.7 Å². The highest BCUT2D eigenvalue weighted by atomic mass is 79.9. The highest BCUT2D eigenvalue weighted by Gasteiger charge is 2.06. The summed E-state index contributed by atoms with van der Waals surface area (Å²) in [5.74, 6) is 0.155. The molecular formula is C14H21BrN2O. The lowest BCUT2D eigenvalue weighted by Gasteiger charge is -2.15. The molecule has 3 nitrogen and oxygen atoms in total. The van der Waals surface area contributed by atoms with E-state index in [1.807, 2.05) is 26.0 Å². The second kappa shape index (κ2) is 7.54. The lowest BCUT2D eigenvalue weighted by atomic mass is 10.1. The van der Waals surface area contributed by atoms with Crippen molar-refractivity contribution in [2.24, 2.45) is 5.92 Å². The molecule has 1 aromatic carbocycles. The Labute approximate surface area is 117 Å². The zero-order chi connectivity index (χ0) is 13.5. The maximum absolute atomic E-state index is 11.4. The van der Waals surface area contributed by atoms with E-state index in [1.54, 1.807) is 0 Å². The molecule has 100 valence electrons. The zero-order valence-corrected chi connectivity index (χ0v) is 12.8. The minimum atomic E-state index is 0.0499. The van der Waals surface area contributed by atoms with Crippen LogP contribution in [0.1, 0.15) is 32.4 Å². The first-order valence-corrected chi connectivity index (χ1v) is 7.06.